The molecule has 0 aliphatic rings. The summed E-state index contributed by atoms with van der Waals surface area (Å²) in [6.45, 7) is 3.64. The minimum atomic E-state index is -0.309. The SMILES string of the molecule is CC(C)OC(=O)Cn1cc(CO)c2ccc(Cl)cc21. The first-order valence-corrected chi connectivity index (χ1v) is 6.46. The number of carbonyl (C=O) groups excluding carboxylic acids is 1. The highest BCUT2D eigenvalue weighted by atomic mass is 35.5. The molecular weight excluding hydrogens is 266 g/mol. The number of nitrogens with zero attached hydrogens (tertiary/aromatic N) is 1. The van der Waals surface area contributed by atoms with E-state index in [1.54, 1.807) is 22.9 Å². The fourth-order valence-electron chi connectivity index (χ4n) is 2.04. The molecular formula is C14H16ClNO3. The molecule has 0 saturated carbocycles. The standard InChI is InChI=1S/C14H16ClNO3/c1-9(2)19-14(18)7-16-6-10(8-17)12-4-3-11(15)5-13(12)16/h3-6,9,17H,7-8H2,1-2H3. The summed E-state index contributed by atoms with van der Waals surface area (Å²) in [6.07, 6.45) is 1.61. The fourth-order valence-corrected chi connectivity index (χ4v) is 2.20. The van der Waals surface area contributed by atoms with Crippen molar-refractivity contribution in [3.05, 3.63) is 35.0 Å². The molecule has 1 aromatic heterocycles. The number of fused-ring (bicyclic) bond motifs is 1. The third kappa shape index (κ3) is 3.08. The Bertz CT molecular complexity index is 604. The number of hydrogen-bond donors (Lipinski definition) is 1. The van der Waals surface area contributed by atoms with E-state index in [1.165, 1.54) is 0 Å². The lowest BCUT2D eigenvalue weighted by Crippen LogP contribution is -2.17. The summed E-state index contributed by atoms with van der Waals surface area (Å²) < 4.78 is 6.87. The Labute approximate surface area is 116 Å². The van der Waals surface area contributed by atoms with Crippen LogP contribution in [0.25, 0.3) is 10.9 Å². The van der Waals surface area contributed by atoms with Crippen molar-refractivity contribution in [1.29, 1.82) is 0 Å². The molecule has 0 aliphatic carbocycles. The second-order valence-corrected chi connectivity index (χ2v) is 5.08. The predicted molar refractivity (Wildman–Crippen MR) is 74.1 cm³/mol. The van der Waals surface area contributed by atoms with Crippen LogP contribution >= 0.6 is 11.6 Å². The molecule has 0 bridgehead atoms. The first-order valence-electron chi connectivity index (χ1n) is 6.09. The van der Waals surface area contributed by atoms with E-state index in [9.17, 15) is 9.90 Å². The maximum absolute atomic E-state index is 11.7. The first-order chi connectivity index (χ1) is 9.01. The van der Waals surface area contributed by atoms with Gasteiger partial charge in [-0.3, -0.25) is 4.79 Å². The number of aliphatic hydroxyl groups excluding tert-OH is 1. The van der Waals surface area contributed by atoms with E-state index in [2.05, 4.69) is 0 Å². The summed E-state index contributed by atoms with van der Waals surface area (Å²) in [5, 5.41) is 10.8. The Hall–Kier alpha value is -1.52. The van der Waals surface area contributed by atoms with Crippen molar-refractivity contribution in [2.45, 2.75) is 33.1 Å². The minimum absolute atomic E-state index is 0.0790. The lowest BCUT2D eigenvalue weighted by Gasteiger charge is -2.09. The molecule has 0 spiro atoms. The molecule has 0 aliphatic heterocycles. The summed E-state index contributed by atoms with van der Waals surface area (Å²) >= 11 is 5.97. The molecule has 0 radical (unpaired) electrons. The first kappa shape index (κ1) is 13.9. The number of hydrogen-bond acceptors (Lipinski definition) is 3. The maximum Gasteiger partial charge on any atom is 0.326 e. The molecule has 0 saturated heterocycles. The number of halogens is 1. The quantitative estimate of drug-likeness (QED) is 0.877. The van der Waals surface area contributed by atoms with Crippen molar-refractivity contribution in [3.63, 3.8) is 0 Å². The highest BCUT2D eigenvalue weighted by Gasteiger charge is 2.12. The van der Waals surface area contributed by atoms with Crippen LogP contribution in [0.5, 0.6) is 0 Å². The molecule has 0 atom stereocenters. The molecule has 1 N–H and O–H groups in total. The van der Waals surface area contributed by atoms with Crippen molar-refractivity contribution in [3.8, 4) is 0 Å². The van der Waals surface area contributed by atoms with Crippen molar-refractivity contribution in [2.75, 3.05) is 0 Å². The van der Waals surface area contributed by atoms with E-state index in [4.69, 9.17) is 16.3 Å². The number of aromatic nitrogens is 1. The molecule has 0 amide bonds. The van der Waals surface area contributed by atoms with Crippen LogP contribution in [0.2, 0.25) is 5.02 Å². The Morgan fingerprint density at radius 2 is 2.21 bits per heavy atom. The number of ether oxygens (including phenoxy) is 1. The fraction of sp³-hybridized carbons (Fsp3) is 0.357. The van der Waals surface area contributed by atoms with E-state index in [-0.39, 0.29) is 25.2 Å². The molecule has 0 fully saturated rings. The lowest BCUT2D eigenvalue weighted by molar-refractivity contribution is -0.148. The maximum atomic E-state index is 11.7. The van der Waals surface area contributed by atoms with Crippen LogP contribution in [0, 0.1) is 0 Å². The zero-order chi connectivity index (χ0) is 14.0. The summed E-state index contributed by atoms with van der Waals surface area (Å²) in [4.78, 5) is 11.7. The summed E-state index contributed by atoms with van der Waals surface area (Å²) in [6, 6.07) is 5.38. The highest BCUT2D eigenvalue weighted by Crippen LogP contribution is 2.25. The van der Waals surface area contributed by atoms with Gasteiger partial charge in [0.05, 0.1) is 18.2 Å². The molecule has 1 heterocycles. The topological polar surface area (TPSA) is 51.5 Å². The van der Waals surface area contributed by atoms with Crippen LogP contribution < -0.4 is 0 Å². The van der Waals surface area contributed by atoms with Crippen LogP contribution in [-0.4, -0.2) is 21.7 Å². The van der Waals surface area contributed by atoms with Crippen LogP contribution in [0.3, 0.4) is 0 Å². The summed E-state index contributed by atoms with van der Waals surface area (Å²) in [5.41, 5.74) is 1.58. The smallest absolute Gasteiger partial charge is 0.326 e. The molecule has 2 rings (SSSR count). The number of benzene rings is 1. The Morgan fingerprint density at radius 1 is 1.47 bits per heavy atom. The van der Waals surface area contributed by atoms with Crippen molar-refractivity contribution in [2.24, 2.45) is 0 Å². The van der Waals surface area contributed by atoms with Gasteiger partial charge in [0.2, 0.25) is 0 Å². The van der Waals surface area contributed by atoms with E-state index < -0.39 is 0 Å². The van der Waals surface area contributed by atoms with Gasteiger partial charge in [-0.25, -0.2) is 0 Å². The van der Waals surface area contributed by atoms with E-state index >= 15 is 0 Å². The van der Waals surface area contributed by atoms with Gasteiger partial charge in [0.1, 0.15) is 6.54 Å². The van der Waals surface area contributed by atoms with Crippen LogP contribution in [0.4, 0.5) is 0 Å². The van der Waals surface area contributed by atoms with E-state index in [1.807, 2.05) is 19.9 Å². The van der Waals surface area contributed by atoms with E-state index in [0.29, 0.717) is 5.02 Å². The molecule has 1 aromatic carbocycles. The largest absolute Gasteiger partial charge is 0.462 e. The Morgan fingerprint density at radius 3 is 2.84 bits per heavy atom. The third-order valence-electron chi connectivity index (χ3n) is 2.76. The van der Waals surface area contributed by atoms with Gasteiger partial charge < -0.3 is 14.4 Å². The van der Waals surface area contributed by atoms with Gasteiger partial charge in [0.15, 0.2) is 0 Å². The molecule has 0 unspecified atom stereocenters. The highest BCUT2D eigenvalue weighted by molar-refractivity contribution is 6.31. The number of esters is 1. The Balaban J connectivity index is 2.37. The van der Waals surface area contributed by atoms with Crippen molar-refractivity contribution >= 4 is 28.5 Å². The number of aliphatic hydroxyl groups is 1. The molecule has 102 valence electrons. The molecule has 2 aromatic rings. The normalized spacial score (nSPS) is 11.2. The molecule has 19 heavy (non-hydrogen) atoms. The van der Waals surface area contributed by atoms with Crippen LogP contribution in [0.15, 0.2) is 24.4 Å². The number of carbonyl (C=O) groups is 1. The predicted octanol–water partition coefficient (Wildman–Crippen LogP) is 2.74. The monoisotopic (exact) mass is 281 g/mol. The number of rotatable bonds is 4. The summed E-state index contributed by atoms with van der Waals surface area (Å²) in [5.74, 6) is -0.309. The van der Waals surface area contributed by atoms with Gasteiger partial charge >= 0.3 is 5.97 Å². The van der Waals surface area contributed by atoms with E-state index in [0.717, 1.165) is 16.5 Å². The third-order valence-corrected chi connectivity index (χ3v) is 3.00. The zero-order valence-electron chi connectivity index (χ0n) is 10.9. The average molecular weight is 282 g/mol. The zero-order valence-corrected chi connectivity index (χ0v) is 11.6. The average Bonchev–Trinajstić information content (AvgIpc) is 2.65. The second kappa shape index (κ2) is 5.63. The van der Waals surface area contributed by atoms with Gasteiger partial charge in [-0.2, -0.15) is 0 Å². The lowest BCUT2D eigenvalue weighted by atomic mass is 10.2. The van der Waals surface area contributed by atoms with Crippen molar-refractivity contribution < 1.29 is 14.6 Å². The summed E-state index contributed by atoms with van der Waals surface area (Å²) in [7, 11) is 0. The van der Waals surface area contributed by atoms with Crippen molar-refractivity contribution in [1.82, 2.24) is 4.57 Å². The minimum Gasteiger partial charge on any atom is -0.462 e. The van der Waals surface area contributed by atoms with Gasteiger partial charge in [-0.05, 0) is 26.0 Å². The second-order valence-electron chi connectivity index (χ2n) is 4.64. The Kier molecular flexibility index (Phi) is 4.12. The van der Waals surface area contributed by atoms with Crippen LogP contribution in [-0.2, 0) is 22.7 Å². The van der Waals surface area contributed by atoms with Crippen LogP contribution in [0.1, 0.15) is 19.4 Å². The van der Waals surface area contributed by atoms with Gasteiger partial charge in [0.25, 0.3) is 0 Å². The molecule has 4 nitrogen and oxygen atoms in total. The van der Waals surface area contributed by atoms with Gasteiger partial charge in [-0.1, -0.05) is 17.7 Å². The molecule has 5 heteroatoms. The van der Waals surface area contributed by atoms with Gasteiger partial charge in [0, 0.05) is 22.2 Å². The van der Waals surface area contributed by atoms with Gasteiger partial charge in [-0.15, -0.1) is 0 Å².